The van der Waals surface area contributed by atoms with Gasteiger partial charge in [0.05, 0.1) is 11.6 Å². The van der Waals surface area contributed by atoms with Crippen LogP contribution in [-0.2, 0) is 9.59 Å². The molecular formula is C29H19ClFNO4. The lowest BCUT2D eigenvalue weighted by atomic mass is 9.95. The lowest BCUT2D eigenvalue weighted by Gasteiger charge is -2.25. The monoisotopic (exact) mass is 499 g/mol. The van der Waals surface area contributed by atoms with Gasteiger partial charge in [0.25, 0.3) is 11.7 Å². The topological polar surface area (TPSA) is 66.8 Å². The maximum absolute atomic E-state index is 14.1. The second-order valence-corrected chi connectivity index (χ2v) is 8.58. The zero-order chi connectivity index (χ0) is 25.2. The number of rotatable bonds is 5. The zero-order valence-corrected chi connectivity index (χ0v) is 19.5. The quantitative estimate of drug-likeness (QED) is 0.184. The number of carbonyl (C=O) groups is 2. The van der Waals surface area contributed by atoms with Crippen molar-refractivity contribution < 1.29 is 23.8 Å². The highest BCUT2D eigenvalue weighted by atomic mass is 35.5. The summed E-state index contributed by atoms with van der Waals surface area (Å²) in [5, 5.41) is 11.6. The lowest BCUT2D eigenvalue weighted by molar-refractivity contribution is -0.132. The van der Waals surface area contributed by atoms with Gasteiger partial charge in [0.1, 0.15) is 23.1 Å². The molecule has 1 amide bonds. The van der Waals surface area contributed by atoms with E-state index in [0.717, 1.165) is 0 Å². The smallest absolute Gasteiger partial charge is 0.300 e. The Balaban J connectivity index is 1.67. The number of para-hydroxylation sites is 1. The Labute approximate surface area is 211 Å². The number of hydrogen-bond donors (Lipinski definition) is 1. The molecule has 1 fully saturated rings. The number of hydrogen-bond acceptors (Lipinski definition) is 4. The summed E-state index contributed by atoms with van der Waals surface area (Å²) in [4.78, 5) is 27.7. The first-order valence-electron chi connectivity index (χ1n) is 11.1. The third-order valence-corrected chi connectivity index (χ3v) is 6.05. The van der Waals surface area contributed by atoms with Crippen LogP contribution in [0.2, 0.25) is 5.02 Å². The number of anilines is 1. The third kappa shape index (κ3) is 4.46. The van der Waals surface area contributed by atoms with Gasteiger partial charge in [0.2, 0.25) is 0 Å². The molecule has 5 nitrogen and oxygen atoms in total. The van der Waals surface area contributed by atoms with Gasteiger partial charge in [-0.15, -0.1) is 0 Å². The van der Waals surface area contributed by atoms with E-state index in [1.165, 1.54) is 29.2 Å². The second-order valence-electron chi connectivity index (χ2n) is 8.14. The predicted octanol–water partition coefficient (Wildman–Crippen LogP) is 6.90. The van der Waals surface area contributed by atoms with Gasteiger partial charge in [-0.1, -0.05) is 48.0 Å². The van der Waals surface area contributed by atoms with E-state index in [1.807, 2.05) is 18.2 Å². The van der Waals surface area contributed by atoms with E-state index in [9.17, 15) is 19.1 Å². The van der Waals surface area contributed by atoms with Crippen LogP contribution in [0.3, 0.4) is 0 Å². The molecule has 1 aliphatic heterocycles. The van der Waals surface area contributed by atoms with Crippen LogP contribution in [0.1, 0.15) is 17.2 Å². The fourth-order valence-electron chi connectivity index (χ4n) is 4.18. The molecule has 1 saturated heterocycles. The maximum atomic E-state index is 14.1. The summed E-state index contributed by atoms with van der Waals surface area (Å²) < 4.78 is 20.1. The van der Waals surface area contributed by atoms with Crippen LogP contribution >= 0.6 is 11.6 Å². The minimum absolute atomic E-state index is 0.122. The number of amides is 1. The SMILES string of the molecule is O=C1C(=O)N(c2cccc(F)c2)C(c2cccc(Oc3ccccc3)c2)/C1=C(\O)c1ccc(Cl)cc1. The van der Waals surface area contributed by atoms with Crippen molar-refractivity contribution in [3.63, 3.8) is 0 Å². The van der Waals surface area contributed by atoms with Gasteiger partial charge in [-0.25, -0.2) is 4.39 Å². The highest BCUT2D eigenvalue weighted by Gasteiger charge is 2.47. The van der Waals surface area contributed by atoms with Crippen molar-refractivity contribution in [1.29, 1.82) is 0 Å². The molecule has 0 radical (unpaired) electrons. The molecule has 36 heavy (non-hydrogen) atoms. The summed E-state index contributed by atoms with van der Waals surface area (Å²) in [7, 11) is 0. The number of nitrogens with zero attached hydrogens (tertiary/aromatic N) is 1. The van der Waals surface area contributed by atoms with Gasteiger partial charge in [-0.2, -0.15) is 0 Å². The van der Waals surface area contributed by atoms with Crippen molar-refractivity contribution in [1.82, 2.24) is 0 Å². The van der Waals surface area contributed by atoms with Crippen LogP contribution in [0, 0.1) is 5.82 Å². The molecule has 1 atom stereocenters. The van der Waals surface area contributed by atoms with Gasteiger partial charge >= 0.3 is 0 Å². The summed E-state index contributed by atoms with van der Waals surface area (Å²) in [5.41, 5.74) is 0.885. The Morgan fingerprint density at radius 3 is 2.25 bits per heavy atom. The van der Waals surface area contributed by atoms with Crippen LogP contribution in [0.15, 0.2) is 109 Å². The Morgan fingerprint density at radius 1 is 0.833 bits per heavy atom. The van der Waals surface area contributed by atoms with E-state index in [4.69, 9.17) is 16.3 Å². The summed E-state index contributed by atoms with van der Waals surface area (Å²) >= 11 is 5.98. The van der Waals surface area contributed by atoms with E-state index in [2.05, 4.69) is 0 Å². The van der Waals surface area contributed by atoms with Gasteiger partial charge in [0.15, 0.2) is 0 Å². The van der Waals surface area contributed by atoms with Crippen LogP contribution in [-0.4, -0.2) is 16.8 Å². The van der Waals surface area contributed by atoms with Crippen LogP contribution in [0.25, 0.3) is 5.76 Å². The minimum Gasteiger partial charge on any atom is -0.507 e. The minimum atomic E-state index is -1.03. The molecule has 0 aliphatic carbocycles. The predicted molar refractivity (Wildman–Crippen MR) is 136 cm³/mol. The molecule has 0 aromatic heterocycles. The zero-order valence-electron chi connectivity index (χ0n) is 18.8. The summed E-state index contributed by atoms with van der Waals surface area (Å²) in [6.07, 6.45) is 0. The Bertz CT molecular complexity index is 1480. The van der Waals surface area contributed by atoms with E-state index in [0.29, 0.717) is 27.6 Å². The first kappa shape index (κ1) is 23.3. The van der Waals surface area contributed by atoms with E-state index >= 15 is 0 Å². The highest BCUT2D eigenvalue weighted by Crippen LogP contribution is 2.43. The Kier molecular flexibility index (Phi) is 6.27. The van der Waals surface area contributed by atoms with Crippen molar-refractivity contribution in [2.24, 2.45) is 0 Å². The Morgan fingerprint density at radius 2 is 1.53 bits per heavy atom. The van der Waals surface area contributed by atoms with Gasteiger partial charge < -0.3 is 9.84 Å². The van der Waals surface area contributed by atoms with Crippen LogP contribution < -0.4 is 9.64 Å². The summed E-state index contributed by atoms with van der Waals surface area (Å²) in [6, 6.07) is 26.6. The first-order valence-corrected chi connectivity index (χ1v) is 11.5. The number of aliphatic hydroxyl groups is 1. The fraction of sp³-hybridized carbons (Fsp3) is 0.0345. The number of carbonyl (C=O) groups excluding carboxylic acids is 2. The highest BCUT2D eigenvalue weighted by molar-refractivity contribution is 6.51. The maximum Gasteiger partial charge on any atom is 0.300 e. The van der Waals surface area contributed by atoms with Gasteiger partial charge in [-0.3, -0.25) is 14.5 Å². The molecule has 1 unspecified atom stereocenters. The number of halogens is 2. The number of Topliss-reactive ketones (excluding diaryl/α,β-unsaturated/α-hetero) is 1. The van der Waals surface area contributed by atoms with Crippen LogP contribution in [0.5, 0.6) is 11.5 Å². The third-order valence-electron chi connectivity index (χ3n) is 5.80. The average molecular weight is 500 g/mol. The standard InChI is InChI=1S/C29H19ClFNO4/c30-20-14-12-18(13-15-20)27(33)25-26(32(29(35)28(25)34)22-8-5-7-21(31)17-22)19-6-4-11-24(16-19)36-23-9-2-1-3-10-23/h1-17,26,33H/b27-25+. The molecule has 7 heteroatoms. The van der Waals surface area contributed by atoms with Crippen molar-refractivity contribution >= 4 is 34.7 Å². The first-order chi connectivity index (χ1) is 17.4. The molecule has 0 spiro atoms. The number of benzene rings is 4. The van der Waals surface area contributed by atoms with E-state index in [1.54, 1.807) is 60.7 Å². The fourth-order valence-corrected chi connectivity index (χ4v) is 4.30. The molecule has 178 valence electrons. The molecule has 0 saturated carbocycles. The largest absolute Gasteiger partial charge is 0.507 e. The molecule has 5 rings (SSSR count). The summed E-state index contributed by atoms with van der Waals surface area (Å²) in [6.45, 7) is 0. The number of ether oxygens (including phenoxy) is 1. The van der Waals surface area contributed by atoms with E-state index in [-0.39, 0.29) is 17.0 Å². The number of ketones is 1. The van der Waals surface area contributed by atoms with Crippen molar-refractivity contribution in [2.45, 2.75) is 6.04 Å². The summed E-state index contributed by atoms with van der Waals surface area (Å²) in [5.74, 6) is -1.61. The molecule has 1 heterocycles. The molecule has 1 N–H and O–H groups in total. The number of aliphatic hydroxyl groups excluding tert-OH is 1. The van der Waals surface area contributed by atoms with Gasteiger partial charge in [0, 0.05) is 16.3 Å². The van der Waals surface area contributed by atoms with E-state index < -0.39 is 23.5 Å². The normalized spacial score (nSPS) is 16.8. The molecule has 4 aromatic carbocycles. The van der Waals surface area contributed by atoms with Crippen molar-refractivity contribution in [2.75, 3.05) is 4.90 Å². The van der Waals surface area contributed by atoms with Gasteiger partial charge in [-0.05, 0) is 72.3 Å². The van der Waals surface area contributed by atoms with Crippen molar-refractivity contribution in [3.8, 4) is 11.5 Å². The lowest BCUT2D eigenvalue weighted by Crippen LogP contribution is -2.29. The molecule has 0 bridgehead atoms. The van der Waals surface area contributed by atoms with Crippen LogP contribution in [0.4, 0.5) is 10.1 Å². The van der Waals surface area contributed by atoms with Crippen molar-refractivity contribution in [3.05, 3.63) is 131 Å². The Hall–Kier alpha value is -4.42. The molecule has 4 aromatic rings. The molecule has 1 aliphatic rings. The average Bonchev–Trinajstić information content (AvgIpc) is 3.15. The second kappa shape index (κ2) is 9.68. The molecular weight excluding hydrogens is 481 g/mol.